The van der Waals surface area contributed by atoms with Gasteiger partial charge >= 0.3 is 5.97 Å². The Balaban J connectivity index is 0.909. The van der Waals surface area contributed by atoms with Crippen molar-refractivity contribution in [3.63, 3.8) is 0 Å². The van der Waals surface area contributed by atoms with Gasteiger partial charge in [0, 0.05) is 73.0 Å². The third-order valence-electron chi connectivity index (χ3n) is 14.0. The fraction of sp³-hybridized carbons (Fsp3) is 0.288. The Morgan fingerprint density at radius 3 is 2.22 bits per heavy atom. The Bertz CT molecular complexity index is 3320. The number of hydrogen-bond acceptors (Lipinski definition) is 8. The van der Waals surface area contributed by atoms with Crippen molar-refractivity contribution in [3.8, 4) is 22.6 Å². The zero-order valence-electron chi connectivity index (χ0n) is 42.5. The zero-order chi connectivity index (χ0) is 51.1. The molecule has 9 rings (SSSR count). The second kappa shape index (κ2) is 23.1. The van der Waals surface area contributed by atoms with Crippen molar-refractivity contribution in [1.29, 1.82) is 0 Å². The van der Waals surface area contributed by atoms with Crippen LogP contribution in [-0.4, -0.2) is 62.2 Å². The van der Waals surface area contributed by atoms with Crippen molar-refractivity contribution in [2.24, 2.45) is 21.1 Å². The lowest BCUT2D eigenvalue weighted by Crippen LogP contribution is -2.60. The number of aryl methyl sites for hydroxylation is 7. The van der Waals surface area contributed by atoms with E-state index in [2.05, 4.69) is 96.8 Å². The van der Waals surface area contributed by atoms with E-state index in [1.807, 2.05) is 84.5 Å². The van der Waals surface area contributed by atoms with Crippen LogP contribution in [0.2, 0.25) is 11.1 Å². The first-order valence-electron chi connectivity index (χ1n) is 25.0. The van der Waals surface area contributed by atoms with E-state index in [1.54, 1.807) is 25.1 Å². The average Bonchev–Trinajstić information content (AvgIpc) is 4.02. The molecule has 0 saturated carbocycles. The van der Waals surface area contributed by atoms with Gasteiger partial charge in [0.2, 0.25) is 0 Å². The van der Waals surface area contributed by atoms with Gasteiger partial charge in [0.25, 0.3) is 8.32 Å². The molecule has 4 aromatic heterocycles. The minimum Gasteiger partial charge on any atom is -0.497 e. The number of thioether (sulfide) groups is 1. The molecular weight excluding hydrogens is 968 g/mol. The molecule has 0 aliphatic rings. The lowest BCUT2D eigenvalue weighted by atomic mass is 9.98. The van der Waals surface area contributed by atoms with Crippen molar-refractivity contribution < 1.29 is 23.8 Å². The summed E-state index contributed by atoms with van der Waals surface area (Å²) < 4.78 is 24.6. The summed E-state index contributed by atoms with van der Waals surface area (Å²) in [5, 5.41) is 25.6. The highest BCUT2D eigenvalue weighted by atomic mass is 35.5. The highest BCUT2D eigenvalue weighted by Crippen LogP contribution is 2.43. The SMILES string of the molecule is CCCC[Si](OCCCc1c(C(=O)O)n(C)c2c(-c3c(C)nn(C)c3CSCc3cc(CCc4cc(OCc5ccc(OC)cc5)c5ncccc5c4)n(C)n3)c(Cl)ccc12)(c1ccccc1)c1ccccc1. The molecule has 0 radical (unpaired) electrons. The number of ether oxygens (including phenoxy) is 2. The molecule has 0 saturated heterocycles. The van der Waals surface area contributed by atoms with Gasteiger partial charge in [-0.05, 0) is 108 Å². The van der Waals surface area contributed by atoms with Crippen molar-refractivity contribution >= 4 is 69.8 Å². The summed E-state index contributed by atoms with van der Waals surface area (Å²) in [5.41, 5.74) is 10.6. The molecule has 4 heterocycles. The molecule has 0 bridgehead atoms. The summed E-state index contributed by atoms with van der Waals surface area (Å²) in [7, 11) is 4.87. The van der Waals surface area contributed by atoms with Gasteiger partial charge in [-0.2, -0.15) is 10.2 Å². The van der Waals surface area contributed by atoms with Crippen LogP contribution in [0.5, 0.6) is 11.5 Å². The Labute approximate surface area is 438 Å². The van der Waals surface area contributed by atoms with Crippen molar-refractivity contribution in [1.82, 2.24) is 29.1 Å². The quantitative estimate of drug-likeness (QED) is 0.0493. The fourth-order valence-electron chi connectivity index (χ4n) is 10.3. The minimum absolute atomic E-state index is 0.263. The van der Waals surface area contributed by atoms with Gasteiger partial charge in [0.05, 0.1) is 34.7 Å². The molecule has 5 aromatic carbocycles. The average molecular weight is 1030 g/mol. The van der Waals surface area contributed by atoms with Crippen LogP contribution in [0, 0.1) is 6.92 Å². The maximum Gasteiger partial charge on any atom is 0.352 e. The molecule has 0 unspecified atom stereocenters. The normalized spacial score (nSPS) is 11.8. The molecular formula is C59H63ClN6O5SSi. The summed E-state index contributed by atoms with van der Waals surface area (Å²) in [4.78, 5) is 17.9. The number of hydrogen-bond donors (Lipinski definition) is 1. The predicted molar refractivity (Wildman–Crippen MR) is 298 cm³/mol. The van der Waals surface area contributed by atoms with Crippen molar-refractivity contribution in [3.05, 3.63) is 184 Å². The molecule has 0 aliphatic heterocycles. The van der Waals surface area contributed by atoms with Crippen LogP contribution >= 0.6 is 23.4 Å². The summed E-state index contributed by atoms with van der Waals surface area (Å²) in [5.74, 6) is 1.93. The first kappa shape index (κ1) is 51.3. The van der Waals surface area contributed by atoms with Crippen LogP contribution in [0.1, 0.15) is 76.1 Å². The molecule has 376 valence electrons. The molecule has 0 fully saturated rings. The lowest BCUT2D eigenvalue weighted by Gasteiger charge is -2.33. The Hall–Kier alpha value is -6.64. The van der Waals surface area contributed by atoms with E-state index in [1.165, 1.54) is 10.4 Å². The van der Waals surface area contributed by atoms with E-state index in [9.17, 15) is 9.90 Å². The Morgan fingerprint density at radius 2 is 1.52 bits per heavy atom. The highest BCUT2D eigenvalue weighted by Gasteiger charge is 2.39. The Kier molecular flexibility index (Phi) is 16.2. The maximum absolute atomic E-state index is 13.2. The van der Waals surface area contributed by atoms with Gasteiger partial charge < -0.3 is 23.6 Å². The van der Waals surface area contributed by atoms with Gasteiger partial charge in [-0.3, -0.25) is 14.3 Å². The third-order valence-corrected chi connectivity index (χ3v) is 19.5. The number of benzene rings is 5. The highest BCUT2D eigenvalue weighted by molar-refractivity contribution is 7.97. The number of aromatic nitrogens is 6. The topological polar surface area (TPSA) is 118 Å². The van der Waals surface area contributed by atoms with Crippen LogP contribution in [0.4, 0.5) is 0 Å². The number of rotatable bonds is 23. The van der Waals surface area contributed by atoms with Gasteiger partial charge in [-0.25, -0.2) is 4.79 Å². The summed E-state index contributed by atoms with van der Waals surface area (Å²) >= 11 is 8.97. The molecule has 1 N–H and O–H groups in total. The number of nitrogens with zero attached hydrogens (tertiary/aromatic N) is 6. The van der Waals surface area contributed by atoms with Gasteiger partial charge in [-0.15, -0.1) is 11.8 Å². The van der Waals surface area contributed by atoms with E-state index in [-0.39, 0.29) is 5.69 Å². The monoisotopic (exact) mass is 1030 g/mol. The second-order valence-corrected chi connectivity index (χ2v) is 23.7. The second-order valence-electron chi connectivity index (χ2n) is 18.7. The standard InChI is InChI=1S/C59H63ClN6O5SSi/c1-7-8-33-73(47-18-11-9-12-19-47,48-20-13-10-14-21-48)71-32-16-22-49-50-29-30-51(60)55(57(50)64(3)58(49)59(67)68)54-40(2)62-66(5)52(54)39-72-38-44-36-45(65(4)63-44)26-23-42-34-43-17-15-31-61-56(43)53(35-42)70-37-41-24-27-46(69-6)28-25-41/h9-15,17-21,24-25,27-31,34-36H,7-8,16,22-23,26,32-33,37-39H2,1-6H3,(H,67,68). The number of carboxylic acid groups (broad SMARTS) is 1. The minimum atomic E-state index is -2.60. The van der Waals surface area contributed by atoms with Gasteiger partial charge in [0.1, 0.15) is 29.3 Å². The molecule has 0 amide bonds. The lowest BCUT2D eigenvalue weighted by molar-refractivity contribution is 0.0685. The number of halogens is 1. The third kappa shape index (κ3) is 11.0. The van der Waals surface area contributed by atoms with Crippen LogP contribution < -0.4 is 19.8 Å². The number of aromatic carboxylic acids is 1. The molecule has 0 aliphatic carbocycles. The van der Waals surface area contributed by atoms with E-state index in [0.717, 1.165) is 116 Å². The largest absolute Gasteiger partial charge is 0.497 e. The zero-order valence-corrected chi connectivity index (χ0v) is 45.1. The molecule has 73 heavy (non-hydrogen) atoms. The molecule has 0 spiro atoms. The summed E-state index contributed by atoms with van der Waals surface area (Å²) in [6, 6.07) is 44.7. The van der Waals surface area contributed by atoms with E-state index in [0.29, 0.717) is 42.6 Å². The molecule has 14 heteroatoms. The smallest absolute Gasteiger partial charge is 0.352 e. The predicted octanol–water partition coefficient (Wildman–Crippen LogP) is 11.8. The van der Waals surface area contributed by atoms with E-state index in [4.69, 9.17) is 35.7 Å². The summed E-state index contributed by atoms with van der Waals surface area (Å²) in [6.45, 7) is 5.15. The maximum atomic E-state index is 13.2. The van der Waals surface area contributed by atoms with E-state index < -0.39 is 14.3 Å². The van der Waals surface area contributed by atoms with Crippen molar-refractivity contribution in [2.45, 2.75) is 76.5 Å². The molecule has 9 aromatic rings. The van der Waals surface area contributed by atoms with E-state index >= 15 is 0 Å². The molecule has 0 atom stereocenters. The first-order chi connectivity index (χ1) is 35.5. The number of pyridine rings is 1. The van der Waals surface area contributed by atoms with Gasteiger partial charge in [-0.1, -0.05) is 116 Å². The summed E-state index contributed by atoms with van der Waals surface area (Å²) in [6.07, 6.45) is 6.73. The van der Waals surface area contributed by atoms with Gasteiger partial charge in [0.15, 0.2) is 0 Å². The van der Waals surface area contributed by atoms with Crippen LogP contribution in [0.15, 0.2) is 134 Å². The number of methoxy groups -OCH3 is 1. The molecule has 11 nitrogen and oxygen atoms in total. The van der Waals surface area contributed by atoms with Crippen LogP contribution in [0.3, 0.4) is 0 Å². The number of unbranched alkanes of at least 4 members (excludes halogenated alkanes) is 1. The number of carbonyl (C=O) groups is 1. The first-order valence-corrected chi connectivity index (χ1v) is 28.7. The number of carboxylic acids is 1. The number of fused-ring (bicyclic) bond motifs is 2. The fourth-order valence-corrected chi connectivity index (χ4v) is 15.8. The van der Waals surface area contributed by atoms with Crippen molar-refractivity contribution in [2.75, 3.05) is 13.7 Å². The van der Waals surface area contributed by atoms with Crippen LogP contribution in [-0.2, 0) is 62.9 Å². The van der Waals surface area contributed by atoms with Crippen LogP contribution in [0.25, 0.3) is 32.9 Å². The Morgan fingerprint density at radius 1 is 0.781 bits per heavy atom.